The van der Waals surface area contributed by atoms with Crippen LogP contribution in [-0.4, -0.2) is 28.2 Å². The van der Waals surface area contributed by atoms with Crippen LogP contribution in [-0.2, 0) is 10.5 Å². The summed E-state index contributed by atoms with van der Waals surface area (Å²) >= 11 is 2.95. The molecule has 0 saturated heterocycles. The van der Waals surface area contributed by atoms with E-state index in [1.807, 2.05) is 20.8 Å². The predicted octanol–water partition coefficient (Wildman–Crippen LogP) is 3.87. The molecular formula is C19H21N3O3S2. The molecule has 0 saturated carbocycles. The van der Waals surface area contributed by atoms with Gasteiger partial charge in [0.15, 0.2) is 0 Å². The van der Waals surface area contributed by atoms with E-state index >= 15 is 0 Å². The number of aryl methyl sites for hydroxylation is 2. The van der Waals surface area contributed by atoms with E-state index in [-0.39, 0.29) is 16.7 Å². The Kier molecular flexibility index (Phi) is 5.86. The summed E-state index contributed by atoms with van der Waals surface area (Å²) in [6.07, 6.45) is 0. The number of thioether (sulfide) groups is 1. The van der Waals surface area contributed by atoms with Gasteiger partial charge < -0.3 is 15.0 Å². The van der Waals surface area contributed by atoms with Crippen molar-refractivity contribution in [2.75, 3.05) is 12.4 Å². The molecule has 3 aromatic rings. The summed E-state index contributed by atoms with van der Waals surface area (Å²) in [4.78, 5) is 33.9. The first-order valence-corrected chi connectivity index (χ1v) is 10.3. The number of carbonyl (C=O) groups is 1. The zero-order valence-corrected chi connectivity index (χ0v) is 17.2. The standard InChI is InChI=1S/C19H21N3O3S2/c1-10-11(2)27-19-16(10)18(24)21-15(22-19)9-26-12(3)17(23)20-13-5-7-14(25-4)8-6-13/h5-8,12H,9H2,1-4H3,(H,20,23)(H,21,22,24)/t12-/m1/s1. The zero-order chi connectivity index (χ0) is 19.6. The van der Waals surface area contributed by atoms with E-state index in [4.69, 9.17) is 4.74 Å². The highest BCUT2D eigenvalue weighted by molar-refractivity contribution is 7.99. The molecule has 0 spiro atoms. The Labute approximate surface area is 165 Å². The Hall–Kier alpha value is -2.32. The fraction of sp³-hybridized carbons (Fsp3) is 0.316. The third-order valence-corrected chi connectivity index (χ3v) is 6.54. The number of amides is 1. The maximum absolute atomic E-state index is 12.4. The minimum Gasteiger partial charge on any atom is -0.497 e. The van der Waals surface area contributed by atoms with E-state index in [2.05, 4.69) is 15.3 Å². The number of carbonyl (C=O) groups excluding carboxylic acids is 1. The Morgan fingerprint density at radius 1 is 1.33 bits per heavy atom. The number of methoxy groups -OCH3 is 1. The molecule has 27 heavy (non-hydrogen) atoms. The Bertz CT molecular complexity index is 1030. The van der Waals surface area contributed by atoms with Gasteiger partial charge in [-0.1, -0.05) is 0 Å². The van der Waals surface area contributed by atoms with Crippen LogP contribution in [0.4, 0.5) is 5.69 Å². The molecule has 1 amide bonds. The smallest absolute Gasteiger partial charge is 0.259 e. The number of H-pyrrole nitrogens is 1. The minimum absolute atomic E-state index is 0.101. The molecule has 0 fully saturated rings. The van der Waals surface area contributed by atoms with Crippen molar-refractivity contribution in [3.05, 3.63) is 50.9 Å². The number of aromatic amines is 1. The minimum atomic E-state index is -0.292. The molecule has 0 unspecified atom stereocenters. The number of aromatic nitrogens is 2. The number of hydrogen-bond donors (Lipinski definition) is 2. The topological polar surface area (TPSA) is 84.1 Å². The van der Waals surface area contributed by atoms with Crippen molar-refractivity contribution in [3.8, 4) is 5.75 Å². The summed E-state index contributed by atoms with van der Waals surface area (Å²) in [6, 6.07) is 7.18. The molecule has 2 heterocycles. The van der Waals surface area contributed by atoms with Gasteiger partial charge in [0, 0.05) is 10.6 Å². The van der Waals surface area contributed by atoms with E-state index in [0.717, 1.165) is 21.0 Å². The molecule has 6 nitrogen and oxygen atoms in total. The van der Waals surface area contributed by atoms with Crippen LogP contribution < -0.4 is 15.6 Å². The number of ether oxygens (including phenoxy) is 1. The Morgan fingerprint density at radius 2 is 2.04 bits per heavy atom. The quantitative estimate of drug-likeness (QED) is 0.653. The number of hydrogen-bond acceptors (Lipinski definition) is 6. The fourth-order valence-corrected chi connectivity index (χ4v) is 4.37. The summed E-state index contributed by atoms with van der Waals surface area (Å²) in [5.41, 5.74) is 1.58. The summed E-state index contributed by atoms with van der Waals surface area (Å²) in [7, 11) is 1.60. The lowest BCUT2D eigenvalue weighted by molar-refractivity contribution is -0.115. The number of anilines is 1. The maximum Gasteiger partial charge on any atom is 0.259 e. The van der Waals surface area contributed by atoms with Crippen molar-refractivity contribution in [1.29, 1.82) is 0 Å². The third-order valence-electron chi connectivity index (χ3n) is 4.28. The van der Waals surface area contributed by atoms with Gasteiger partial charge in [-0.15, -0.1) is 23.1 Å². The van der Waals surface area contributed by atoms with Crippen LogP contribution in [0.1, 0.15) is 23.2 Å². The zero-order valence-electron chi connectivity index (χ0n) is 15.6. The molecule has 2 N–H and O–H groups in total. The van der Waals surface area contributed by atoms with E-state index in [1.165, 1.54) is 23.1 Å². The van der Waals surface area contributed by atoms with Crippen LogP contribution in [0.15, 0.2) is 29.1 Å². The van der Waals surface area contributed by atoms with Gasteiger partial charge in [0.1, 0.15) is 16.4 Å². The van der Waals surface area contributed by atoms with Gasteiger partial charge >= 0.3 is 0 Å². The number of thiophene rings is 1. The van der Waals surface area contributed by atoms with E-state index in [9.17, 15) is 9.59 Å². The van der Waals surface area contributed by atoms with Crippen molar-refractivity contribution >= 4 is 44.9 Å². The Balaban J connectivity index is 1.64. The van der Waals surface area contributed by atoms with Gasteiger partial charge in [-0.3, -0.25) is 9.59 Å². The van der Waals surface area contributed by atoms with Crippen LogP contribution >= 0.6 is 23.1 Å². The van der Waals surface area contributed by atoms with Crippen LogP contribution in [0.25, 0.3) is 10.2 Å². The molecule has 0 radical (unpaired) electrons. The largest absolute Gasteiger partial charge is 0.497 e. The van der Waals surface area contributed by atoms with Gasteiger partial charge in [0.2, 0.25) is 5.91 Å². The lowest BCUT2D eigenvalue weighted by Crippen LogP contribution is -2.23. The van der Waals surface area contributed by atoms with E-state index in [0.29, 0.717) is 22.7 Å². The number of fused-ring (bicyclic) bond motifs is 1. The monoisotopic (exact) mass is 403 g/mol. The molecule has 1 aromatic carbocycles. The van der Waals surface area contributed by atoms with Crippen molar-refractivity contribution in [3.63, 3.8) is 0 Å². The normalized spacial score (nSPS) is 12.1. The summed E-state index contributed by atoms with van der Waals surface area (Å²) < 4.78 is 5.11. The summed E-state index contributed by atoms with van der Waals surface area (Å²) in [6.45, 7) is 5.76. The maximum atomic E-state index is 12.4. The molecule has 0 bridgehead atoms. The van der Waals surface area contributed by atoms with Crippen LogP contribution in [0.3, 0.4) is 0 Å². The van der Waals surface area contributed by atoms with Gasteiger partial charge in [0.05, 0.1) is 23.5 Å². The van der Waals surface area contributed by atoms with Gasteiger partial charge in [-0.2, -0.15) is 0 Å². The molecular weight excluding hydrogens is 382 g/mol. The number of benzene rings is 1. The number of rotatable bonds is 6. The number of nitrogens with zero attached hydrogens (tertiary/aromatic N) is 1. The summed E-state index contributed by atoms with van der Waals surface area (Å²) in [5, 5.41) is 3.25. The number of nitrogens with one attached hydrogen (secondary N) is 2. The van der Waals surface area contributed by atoms with Gasteiger partial charge in [-0.25, -0.2) is 4.98 Å². The van der Waals surface area contributed by atoms with Crippen molar-refractivity contribution in [2.24, 2.45) is 0 Å². The van der Waals surface area contributed by atoms with Crippen LogP contribution in [0.2, 0.25) is 0 Å². The second kappa shape index (κ2) is 8.14. The first-order valence-electron chi connectivity index (χ1n) is 8.44. The lowest BCUT2D eigenvalue weighted by atomic mass is 10.2. The van der Waals surface area contributed by atoms with Crippen molar-refractivity contribution in [1.82, 2.24) is 9.97 Å². The molecule has 1 atom stereocenters. The molecule has 2 aromatic heterocycles. The fourth-order valence-electron chi connectivity index (χ4n) is 2.57. The highest BCUT2D eigenvalue weighted by Gasteiger charge is 2.16. The summed E-state index contributed by atoms with van der Waals surface area (Å²) in [5.74, 6) is 1.68. The highest BCUT2D eigenvalue weighted by atomic mass is 32.2. The van der Waals surface area contributed by atoms with Gasteiger partial charge in [-0.05, 0) is 50.6 Å². The average molecular weight is 404 g/mol. The molecule has 0 aliphatic carbocycles. The van der Waals surface area contributed by atoms with Crippen LogP contribution in [0, 0.1) is 13.8 Å². The first kappa shape index (κ1) is 19.4. The molecule has 3 rings (SSSR count). The molecule has 8 heteroatoms. The van der Waals surface area contributed by atoms with Gasteiger partial charge in [0.25, 0.3) is 5.56 Å². The predicted molar refractivity (Wildman–Crippen MR) is 112 cm³/mol. The molecule has 0 aliphatic rings. The molecule has 142 valence electrons. The first-order chi connectivity index (χ1) is 12.9. The second-order valence-corrected chi connectivity index (χ2v) is 8.68. The van der Waals surface area contributed by atoms with Crippen LogP contribution in [0.5, 0.6) is 5.75 Å². The lowest BCUT2D eigenvalue weighted by Gasteiger charge is -2.12. The average Bonchev–Trinajstić information content (AvgIpc) is 2.94. The third kappa shape index (κ3) is 4.33. The van der Waals surface area contributed by atoms with E-state index < -0.39 is 0 Å². The van der Waals surface area contributed by atoms with Crippen molar-refractivity contribution < 1.29 is 9.53 Å². The second-order valence-electron chi connectivity index (χ2n) is 6.15. The SMILES string of the molecule is COc1ccc(NC(=O)[C@@H](C)SCc2nc3sc(C)c(C)c3c(=O)[nH]2)cc1. The van der Waals surface area contributed by atoms with Crippen molar-refractivity contribution in [2.45, 2.75) is 31.8 Å². The van der Waals surface area contributed by atoms with E-state index in [1.54, 1.807) is 31.4 Å². The molecule has 0 aliphatic heterocycles. The Morgan fingerprint density at radius 3 is 2.70 bits per heavy atom. The highest BCUT2D eigenvalue weighted by Crippen LogP contribution is 2.26.